The van der Waals surface area contributed by atoms with Crippen LogP contribution in [-0.4, -0.2) is 36.6 Å². The predicted octanol–water partition coefficient (Wildman–Crippen LogP) is 5.42. The molecule has 0 atom stereocenters. The monoisotopic (exact) mass is 414 g/mol. The molecule has 2 aromatic rings. The zero-order valence-corrected chi connectivity index (χ0v) is 19.9. The summed E-state index contributed by atoms with van der Waals surface area (Å²) in [4.78, 5) is 0. The molecule has 2 aliphatic rings. The molecule has 156 valence electrons. The Morgan fingerprint density at radius 2 is 1.14 bits per heavy atom. The van der Waals surface area contributed by atoms with Crippen molar-refractivity contribution in [2.24, 2.45) is 0 Å². The highest BCUT2D eigenvalue weighted by Crippen LogP contribution is 2.50. The van der Waals surface area contributed by atoms with Gasteiger partial charge >= 0.3 is 14.2 Å². The minimum absolute atomic E-state index is 0.436. The Hall–Kier alpha value is -0.850. The van der Waals surface area contributed by atoms with E-state index < -0.39 is 41.9 Å². The number of fused-ring (bicyclic) bond motifs is 1. The fourth-order valence-corrected chi connectivity index (χ4v) is 5.02. The van der Waals surface area contributed by atoms with E-state index in [4.69, 9.17) is 18.6 Å². The zero-order valence-electron chi connectivity index (χ0n) is 19.1. The summed E-state index contributed by atoms with van der Waals surface area (Å²) >= 11 is 1.74. The first-order valence-electron chi connectivity index (χ1n) is 10.4. The van der Waals surface area contributed by atoms with Crippen LogP contribution in [0.5, 0.6) is 0 Å². The number of rotatable bonds is 3. The Labute approximate surface area is 179 Å². The summed E-state index contributed by atoms with van der Waals surface area (Å²) in [5.74, 6) is 0. The van der Waals surface area contributed by atoms with E-state index in [0.29, 0.717) is 0 Å². The topological polar surface area (TPSA) is 36.9 Å². The molecule has 0 spiro atoms. The van der Waals surface area contributed by atoms with Crippen LogP contribution in [0.2, 0.25) is 0 Å². The third kappa shape index (κ3) is 3.04. The SMILES string of the molecule is CC(B1OC(C)(C)C(C)(C)O1)(B1OC(C)(C)C(C)(C)O1)c1csc2ccccc12. The van der Waals surface area contributed by atoms with Crippen LogP contribution in [0.25, 0.3) is 10.1 Å². The van der Waals surface area contributed by atoms with Gasteiger partial charge < -0.3 is 18.6 Å². The van der Waals surface area contributed by atoms with Gasteiger partial charge in [0, 0.05) is 4.70 Å². The quantitative estimate of drug-likeness (QED) is 0.629. The van der Waals surface area contributed by atoms with Crippen LogP contribution >= 0.6 is 11.3 Å². The molecule has 0 amide bonds. The fraction of sp³-hybridized carbons (Fsp3) is 0.636. The summed E-state index contributed by atoms with van der Waals surface area (Å²) < 4.78 is 27.5. The van der Waals surface area contributed by atoms with E-state index in [1.165, 1.54) is 10.1 Å². The molecule has 2 fully saturated rings. The molecule has 2 saturated heterocycles. The lowest BCUT2D eigenvalue weighted by molar-refractivity contribution is 0.00578. The van der Waals surface area contributed by atoms with E-state index >= 15 is 0 Å². The molecule has 4 nitrogen and oxygen atoms in total. The minimum Gasteiger partial charge on any atom is -0.403 e. The van der Waals surface area contributed by atoms with Crippen molar-refractivity contribution in [2.45, 2.75) is 89.9 Å². The van der Waals surface area contributed by atoms with E-state index in [1.54, 1.807) is 11.3 Å². The molecule has 0 aliphatic carbocycles. The lowest BCUT2D eigenvalue weighted by atomic mass is 9.37. The Balaban J connectivity index is 1.87. The maximum atomic E-state index is 6.57. The third-order valence-electron chi connectivity index (χ3n) is 7.55. The molecule has 2 aliphatic heterocycles. The first-order chi connectivity index (χ1) is 13.2. The number of thiophene rings is 1. The van der Waals surface area contributed by atoms with Crippen molar-refractivity contribution in [1.29, 1.82) is 0 Å². The van der Waals surface area contributed by atoms with Crippen molar-refractivity contribution in [3.05, 3.63) is 35.2 Å². The number of hydrogen-bond donors (Lipinski definition) is 0. The molecular weight excluding hydrogens is 382 g/mol. The summed E-state index contributed by atoms with van der Waals surface area (Å²) in [6, 6.07) is 8.46. The van der Waals surface area contributed by atoms with Gasteiger partial charge in [-0.2, -0.15) is 0 Å². The van der Waals surface area contributed by atoms with Gasteiger partial charge in [0.25, 0.3) is 0 Å². The van der Waals surface area contributed by atoms with Gasteiger partial charge in [0.2, 0.25) is 0 Å². The second-order valence-corrected chi connectivity index (χ2v) is 11.5. The summed E-state index contributed by atoms with van der Waals surface area (Å²) in [5.41, 5.74) is -0.596. The first-order valence-corrected chi connectivity index (χ1v) is 11.3. The van der Waals surface area contributed by atoms with Crippen molar-refractivity contribution in [3.8, 4) is 0 Å². The van der Waals surface area contributed by atoms with Crippen molar-refractivity contribution < 1.29 is 18.6 Å². The second-order valence-electron chi connectivity index (χ2n) is 10.6. The molecule has 4 rings (SSSR count). The maximum absolute atomic E-state index is 6.57. The van der Waals surface area contributed by atoms with Gasteiger partial charge in [-0.05, 0) is 77.8 Å². The lowest BCUT2D eigenvalue weighted by Crippen LogP contribution is -2.56. The van der Waals surface area contributed by atoms with E-state index in [-0.39, 0.29) is 0 Å². The van der Waals surface area contributed by atoms with Crippen LogP contribution in [0.15, 0.2) is 29.6 Å². The molecule has 29 heavy (non-hydrogen) atoms. The largest absolute Gasteiger partial charge is 0.466 e. The normalized spacial score (nSPS) is 25.1. The molecule has 0 N–H and O–H groups in total. The Morgan fingerprint density at radius 3 is 1.59 bits per heavy atom. The van der Waals surface area contributed by atoms with E-state index in [9.17, 15) is 0 Å². The average Bonchev–Trinajstić information content (AvgIpc) is 3.18. The molecule has 7 heteroatoms. The highest BCUT2D eigenvalue weighted by Gasteiger charge is 2.68. The predicted molar refractivity (Wildman–Crippen MR) is 121 cm³/mol. The summed E-state index contributed by atoms with van der Waals surface area (Å²) in [6.07, 6.45) is 0. The van der Waals surface area contributed by atoms with Gasteiger partial charge in [-0.3, -0.25) is 0 Å². The van der Waals surface area contributed by atoms with Crippen LogP contribution in [0.3, 0.4) is 0 Å². The van der Waals surface area contributed by atoms with Crippen LogP contribution in [0.4, 0.5) is 0 Å². The molecule has 3 heterocycles. The van der Waals surface area contributed by atoms with Crippen molar-refractivity contribution in [3.63, 3.8) is 0 Å². The molecule has 1 aromatic carbocycles. The maximum Gasteiger partial charge on any atom is 0.466 e. The standard InChI is InChI=1S/C22H32B2O4S/c1-18(2)19(3,4)26-23(25-18)22(9,24-27-20(5,6)21(7,8)28-24)16-14-29-17-13-11-10-12-15(16)17/h10-14H,1-9H3. The van der Waals surface area contributed by atoms with Gasteiger partial charge in [-0.15, -0.1) is 11.3 Å². The molecule has 0 bridgehead atoms. The van der Waals surface area contributed by atoms with E-state index in [2.05, 4.69) is 92.0 Å². The average molecular weight is 414 g/mol. The second kappa shape index (κ2) is 6.33. The third-order valence-corrected chi connectivity index (χ3v) is 8.51. The first kappa shape index (κ1) is 21.4. The Bertz CT molecular complexity index is 866. The van der Waals surface area contributed by atoms with Gasteiger partial charge in [0.1, 0.15) is 0 Å². The van der Waals surface area contributed by atoms with Gasteiger partial charge in [0.15, 0.2) is 0 Å². The Morgan fingerprint density at radius 1 is 0.724 bits per heavy atom. The number of benzene rings is 1. The molecule has 0 saturated carbocycles. The van der Waals surface area contributed by atoms with Crippen LogP contribution in [0.1, 0.15) is 67.9 Å². The Kier molecular flexibility index (Phi) is 4.67. The van der Waals surface area contributed by atoms with E-state index in [0.717, 1.165) is 5.56 Å². The molecule has 0 unspecified atom stereocenters. The van der Waals surface area contributed by atoms with Gasteiger partial charge in [-0.25, -0.2) is 0 Å². The van der Waals surface area contributed by atoms with E-state index in [1.807, 2.05) is 0 Å². The molecule has 0 radical (unpaired) electrons. The highest BCUT2D eigenvalue weighted by molar-refractivity contribution is 7.17. The van der Waals surface area contributed by atoms with Crippen LogP contribution in [0, 0.1) is 0 Å². The van der Waals surface area contributed by atoms with Crippen LogP contribution < -0.4 is 0 Å². The lowest BCUT2D eigenvalue weighted by Gasteiger charge is -2.33. The smallest absolute Gasteiger partial charge is 0.403 e. The van der Waals surface area contributed by atoms with Crippen molar-refractivity contribution >= 4 is 35.7 Å². The van der Waals surface area contributed by atoms with Crippen molar-refractivity contribution in [2.75, 3.05) is 0 Å². The zero-order chi connectivity index (χ0) is 21.5. The summed E-state index contributed by atoms with van der Waals surface area (Å²) in [6.45, 7) is 18.9. The fourth-order valence-electron chi connectivity index (χ4n) is 3.94. The summed E-state index contributed by atoms with van der Waals surface area (Å²) in [5, 5.41) is 2.76. The molecular formula is C22H32B2O4S. The van der Waals surface area contributed by atoms with Gasteiger partial charge in [0.05, 0.1) is 27.6 Å². The number of hydrogen-bond acceptors (Lipinski definition) is 5. The molecule has 1 aromatic heterocycles. The summed E-state index contributed by atoms with van der Waals surface area (Å²) in [7, 11) is -1.000. The van der Waals surface area contributed by atoms with Gasteiger partial charge in [-0.1, -0.05) is 25.1 Å². The minimum atomic E-state index is -0.643. The van der Waals surface area contributed by atoms with Crippen LogP contribution in [-0.2, 0) is 23.8 Å². The van der Waals surface area contributed by atoms with Crippen molar-refractivity contribution in [1.82, 2.24) is 0 Å². The highest BCUT2D eigenvalue weighted by atomic mass is 32.1.